The monoisotopic (exact) mass is 420 g/mol. The van der Waals surface area contributed by atoms with Crippen LogP contribution in [0.1, 0.15) is 109 Å². The van der Waals surface area contributed by atoms with E-state index in [1.807, 2.05) is 0 Å². The number of hydrogen-bond donors (Lipinski definition) is 0. The second-order valence-corrected chi connectivity index (χ2v) is 12.5. The van der Waals surface area contributed by atoms with Crippen LogP contribution >= 0.6 is 0 Å². The fourth-order valence-electron chi connectivity index (χ4n) is 3.85. The van der Waals surface area contributed by atoms with Crippen LogP contribution < -0.4 is 4.43 Å². The molecule has 0 saturated carbocycles. The Kier molecular flexibility index (Phi) is 14.4. The first-order chi connectivity index (χ1) is 14.1. The Morgan fingerprint density at radius 3 is 1.72 bits per heavy atom. The number of rotatable bonds is 18. The lowest BCUT2D eigenvalue weighted by molar-refractivity contribution is 0.230. The van der Waals surface area contributed by atoms with E-state index < -0.39 is 8.56 Å². The van der Waals surface area contributed by atoms with Gasteiger partial charge in [0.2, 0.25) is 0 Å². The maximum absolute atomic E-state index is 6.54. The van der Waals surface area contributed by atoms with Crippen molar-refractivity contribution in [3.05, 3.63) is 29.3 Å². The molecule has 0 N–H and O–H groups in total. The van der Waals surface area contributed by atoms with Crippen molar-refractivity contribution in [3.8, 4) is 5.75 Å². The molecule has 0 aromatic heterocycles. The summed E-state index contributed by atoms with van der Waals surface area (Å²) < 4.78 is 13.0. The van der Waals surface area contributed by atoms with Crippen molar-refractivity contribution in [2.75, 3.05) is 6.61 Å². The third-order valence-corrected chi connectivity index (χ3v) is 9.56. The molecule has 0 heterocycles. The normalized spacial score (nSPS) is 11.8. The van der Waals surface area contributed by atoms with Gasteiger partial charge in [-0.3, -0.25) is 0 Å². The highest BCUT2D eigenvalue weighted by molar-refractivity contribution is 6.68. The van der Waals surface area contributed by atoms with Crippen LogP contribution in [0.25, 0.3) is 0 Å². The molecule has 0 fully saturated rings. The third-order valence-electron chi connectivity index (χ3n) is 6.08. The van der Waals surface area contributed by atoms with Crippen molar-refractivity contribution in [1.82, 2.24) is 0 Å². The van der Waals surface area contributed by atoms with Crippen molar-refractivity contribution in [2.24, 2.45) is 0 Å². The predicted molar refractivity (Wildman–Crippen MR) is 130 cm³/mol. The average molecular weight is 421 g/mol. The van der Waals surface area contributed by atoms with Crippen LogP contribution in [0.3, 0.4) is 0 Å². The average Bonchev–Trinajstić information content (AvgIpc) is 2.73. The minimum Gasteiger partial charge on any atom is -0.520 e. The van der Waals surface area contributed by atoms with Gasteiger partial charge in [-0.05, 0) is 49.5 Å². The van der Waals surface area contributed by atoms with E-state index in [1.165, 1.54) is 88.2 Å². The summed E-state index contributed by atoms with van der Waals surface area (Å²) in [6.45, 7) is 11.9. The molecule has 0 aliphatic rings. The zero-order valence-corrected chi connectivity index (χ0v) is 21.2. The quantitative estimate of drug-likeness (QED) is 0.174. The molecule has 29 heavy (non-hydrogen) atoms. The summed E-state index contributed by atoms with van der Waals surface area (Å²) in [6.07, 6.45) is 16.5. The van der Waals surface area contributed by atoms with E-state index in [1.54, 1.807) is 0 Å². The standard InChI is InChI=1S/C26H48O2Si/c1-6-9-10-11-12-13-14-15-16-17-18-19-22-27-29(7-2,8-3)28-26-23-24(4)20-21-25(26)5/h20-21,23H,6-19,22H2,1-5H3. The Labute approximate surface area is 183 Å². The van der Waals surface area contributed by atoms with Gasteiger partial charge in [0.25, 0.3) is 0 Å². The van der Waals surface area contributed by atoms with E-state index >= 15 is 0 Å². The van der Waals surface area contributed by atoms with Crippen molar-refractivity contribution < 1.29 is 8.85 Å². The van der Waals surface area contributed by atoms with Crippen LogP contribution in [0.15, 0.2) is 18.2 Å². The topological polar surface area (TPSA) is 18.5 Å². The Morgan fingerprint density at radius 2 is 1.21 bits per heavy atom. The summed E-state index contributed by atoms with van der Waals surface area (Å²) in [5, 5.41) is 0. The lowest BCUT2D eigenvalue weighted by Crippen LogP contribution is -2.44. The zero-order valence-electron chi connectivity index (χ0n) is 20.2. The van der Waals surface area contributed by atoms with Crippen molar-refractivity contribution in [1.29, 1.82) is 0 Å². The van der Waals surface area contributed by atoms with E-state index in [0.29, 0.717) is 0 Å². The Bertz CT molecular complexity index is 525. The number of benzene rings is 1. The second kappa shape index (κ2) is 16.0. The maximum atomic E-state index is 6.54. The van der Waals surface area contributed by atoms with Gasteiger partial charge in [0, 0.05) is 6.61 Å². The van der Waals surface area contributed by atoms with Gasteiger partial charge in [0.05, 0.1) is 0 Å². The van der Waals surface area contributed by atoms with Gasteiger partial charge < -0.3 is 8.85 Å². The van der Waals surface area contributed by atoms with Crippen LogP contribution in [0.4, 0.5) is 0 Å². The fraction of sp³-hybridized carbons (Fsp3) is 0.769. The molecule has 1 aromatic carbocycles. The Hall–Kier alpha value is -0.803. The van der Waals surface area contributed by atoms with Crippen LogP contribution in [0, 0.1) is 13.8 Å². The first kappa shape index (κ1) is 26.2. The molecule has 0 spiro atoms. The number of unbranched alkanes of at least 4 members (excludes halogenated alkanes) is 11. The Balaban J connectivity index is 2.18. The summed E-state index contributed by atoms with van der Waals surface area (Å²) in [4.78, 5) is 0. The molecular weight excluding hydrogens is 372 g/mol. The van der Waals surface area contributed by atoms with Crippen LogP contribution in [0.2, 0.25) is 12.1 Å². The molecule has 0 saturated heterocycles. The number of hydrogen-bond acceptors (Lipinski definition) is 2. The molecule has 0 bridgehead atoms. The highest BCUT2D eigenvalue weighted by Crippen LogP contribution is 2.27. The molecule has 0 unspecified atom stereocenters. The summed E-state index contributed by atoms with van der Waals surface area (Å²) in [6, 6.07) is 8.48. The fourth-order valence-corrected chi connectivity index (χ4v) is 6.24. The van der Waals surface area contributed by atoms with Crippen molar-refractivity contribution in [3.63, 3.8) is 0 Å². The molecule has 0 aliphatic heterocycles. The van der Waals surface area contributed by atoms with Gasteiger partial charge in [-0.15, -0.1) is 0 Å². The van der Waals surface area contributed by atoms with Gasteiger partial charge in [-0.1, -0.05) is 104 Å². The summed E-state index contributed by atoms with van der Waals surface area (Å²) in [5.74, 6) is 1.02. The SMILES string of the molecule is CCCCCCCCCCCCCCO[Si](CC)(CC)Oc1cc(C)ccc1C. The minimum absolute atomic E-state index is 0.857. The van der Waals surface area contributed by atoms with E-state index in [9.17, 15) is 0 Å². The molecule has 3 heteroatoms. The van der Waals surface area contributed by atoms with E-state index in [0.717, 1.165) is 24.4 Å². The van der Waals surface area contributed by atoms with Gasteiger partial charge in [0.1, 0.15) is 5.75 Å². The van der Waals surface area contributed by atoms with Crippen LogP contribution in [0.5, 0.6) is 5.75 Å². The maximum Gasteiger partial charge on any atom is 0.398 e. The molecule has 1 rings (SSSR count). The van der Waals surface area contributed by atoms with Crippen LogP contribution in [-0.2, 0) is 4.43 Å². The molecular formula is C26H48O2Si. The Morgan fingerprint density at radius 1 is 0.690 bits per heavy atom. The second-order valence-electron chi connectivity index (χ2n) is 8.73. The van der Waals surface area contributed by atoms with Crippen molar-refractivity contribution in [2.45, 2.75) is 124 Å². The molecule has 1 aromatic rings. The van der Waals surface area contributed by atoms with E-state index in [-0.39, 0.29) is 0 Å². The summed E-state index contributed by atoms with van der Waals surface area (Å²) in [7, 11) is -2.14. The van der Waals surface area contributed by atoms with Gasteiger partial charge in [-0.2, -0.15) is 0 Å². The van der Waals surface area contributed by atoms with E-state index in [2.05, 4.69) is 52.8 Å². The first-order valence-corrected chi connectivity index (χ1v) is 14.7. The van der Waals surface area contributed by atoms with Crippen LogP contribution in [-0.4, -0.2) is 15.2 Å². The summed E-state index contributed by atoms with van der Waals surface area (Å²) >= 11 is 0. The van der Waals surface area contributed by atoms with Gasteiger partial charge >= 0.3 is 8.56 Å². The lowest BCUT2D eigenvalue weighted by atomic mass is 10.1. The molecule has 0 amide bonds. The van der Waals surface area contributed by atoms with Gasteiger partial charge in [0.15, 0.2) is 0 Å². The molecule has 0 atom stereocenters. The highest BCUT2D eigenvalue weighted by Gasteiger charge is 2.36. The summed E-state index contributed by atoms with van der Waals surface area (Å²) in [5.41, 5.74) is 2.46. The molecule has 0 radical (unpaired) electrons. The molecule has 2 nitrogen and oxygen atoms in total. The van der Waals surface area contributed by atoms with Gasteiger partial charge in [-0.25, -0.2) is 0 Å². The largest absolute Gasteiger partial charge is 0.520 e. The number of aryl methyl sites for hydroxylation is 2. The molecule has 0 aliphatic carbocycles. The highest BCUT2D eigenvalue weighted by atomic mass is 28.4. The molecule has 168 valence electrons. The predicted octanol–water partition coefficient (Wildman–Crippen LogP) is 8.88. The first-order valence-electron chi connectivity index (χ1n) is 12.5. The smallest absolute Gasteiger partial charge is 0.398 e. The zero-order chi connectivity index (χ0) is 21.4. The van der Waals surface area contributed by atoms with E-state index in [4.69, 9.17) is 8.85 Å². The lowest BCUT2D eigenvalue weighted by Gasteiger charge is -2.30. The third kappa shape index (κ3) is 11.2. The minimum atomic E-state index is -2.14. The van der Waals surface area contributed by atoms with Crippen molar-refractivity contribution >= 4 is 8.56 Å².